The van der Waals surface area contributed by atoms with Gasteiger partial charge in [0.1, 0.15) is 0 Å². The Hall–Kier alpha value is -1.28. The zero-order chi connectivity index (χ0) is 14.1. The molecule has 1 amide bonds. The van der Waals surface area contributed by atoms with Crippen LogP contribution in [0.1, 0.15) is 19.8 Å². The van der Waals surface area contributed by atoms with Gasteiger partial charge in [-0.25, -0.2) is 9.89 Å². The van der Waals surface area contributed by atoms with Crippen LogP contribution in [0.3, 0.4) is 0 Å². The van der Waals surface area contributed by atoms with E-state index in [9.17, 15) is 9.59 Å². The molecule has 1 aromatic heterocycles. The third-order valence-corrected chi connectivity index (χ3v) is 3.33. The summed E-state index contributed by atoms with van der Waals surface area (Å²) in [5.41, 5.74) is -0.232. The van der Waals surface area contributed by atoms with Crippen LogP contribution in [0, 0.1) is 0 Å². The number of nitrogens with one attached hydrogen (secondary N) is 2. The maximum atomic E-state index is 11.6. The molecule has 0 atom stereocenters. The van der Waals surface area contributed by atoms with E-state index in [1.54, 1.807) is 11.7 Å². The molecule has 0 aliphatic heterocycles. The first-order chi connectivity index (χ1) is 9.19. The molecule has 0 aliphatic rings. The highest BCUT2D eigenvalue weighted by atomic mass is 32.2. The summed E-state index contributed by atoms with van der Waals surface area (Å²) < 4.78 is 6.43. The molecule has 1 aromatic rings. The number of aromatic amines is 1. The smallest absolute Gasteiger partial charge is 0.343 e. The molecule has 0 saturated heterocycles. The van der Waals surface area contributed by atoms with Gasteiger partial charge in [-0.2, -0.15) is 0 Å². The fourth-order valence-electron chi connectivity index (χ4n) is 1.46. The number of nitrogens with zero attached hydrogens (tertiary/aromatic N) is 2. The van der Waals surface area contributed by atoms with E-state index < -0.39 is 0 Å². The Bertz CT molecular complexity index is 443. The maximum Gasteiger partial charge on any atom is 0.343 e. The van der Waals surface area contributed by atoms with Gasteiger partial charge in [-0.1, -0.05) is 18.7 Å². The van der Waals surface area contributed by atoms with E-state index in [1.165, 1.54) is 11.8 Å². The van der Waals surface area contributed by atoms with E-state index in [0.29, 0.717) is 24.9 Å². The number of hydrogen-bond donors (Lipinski definition) is 2. The van der Waals surface area contributed by atoms with Crippen LogP contribution >= 0.6 is 11.8 Å². The molecule has 1 heterocycles. The maximum absolute atomic E-state index is 11.6. The van der Waals surface area contributed by atoms with Gasteiger partial charge in [-0.3, -0.25) is 9.36 Å². The average molecular weight is 288 g/mol. The molecule has 0 unspecified atom stereocenters. The van der Waals surface area contributed by atoms with E-state index in [-0.39, 0.29) is 17.3 Å². The first-order valence-electron chi connectivity index (χ1n) is 6.22. The topological polar surface area (TPSA) is 89.0 Å². The standard InChI is InChI=1S/C11H20N4O3S/c1-3-6-15-10(17)13-14-11(15)19-8-9(16)12-5-4-7-18-2/h3-8H2,1-2H3,(H,12,16)(H,13,17). The summed E-state index contributed by atoms with van der Waals surface area (Å²) in [5, 5.41) is 9.63. The predicted molar refractivity (Wildman–Crippen MR) is 73.4 cm³/mol. The van der Waals surface area contributed by atoms with E-state index in [0.717, 1.165) is 12.8 Å². The molecule has 8 heteroatoms. The van der Waals surface area contributed by atoms with Gasteiger partial charge < -0.3 is 10.1 Å². The van der Waals surface area contributed by atoms with Gasteiger partial charge >= 0.3 is 5.69 Å². The van der Waals surface area contributed by atoms with E-state index in [2.05, 4.69) is 15.5 Å². The summed E-state index contributed by atoms with van der Waals surface area (Å²) >= 11 is 1.26. The largest absolute Gasteiger partial charge is 0.385 e. The fourth-order valence-corrected chi connectivity index (χ4v) is 2.26. The molecule has 0 spiro atoms. The Kier molecular flexibility index (Phi) is 7.27. The van der Waals surface area contributed by atoms with Crippen LogP contribution in [0.2, 0.25) is 0 Å². The van der Waals surface area contributed by atoms with Gasteiger partial charge in [-0.15, -0.1) is 5.10 Å². The second-order valence-corrected chi connectivity index (χ2v) is 4.89. The number of carbonyl (C=O) groups excluding carboxylic acids is 1. The van der Waals surface area contributed by atoms with Crippen molar-refractivity contribution < 1.29 is 9.53 Å². The Morgan fingerprint density at radius 3 is 3.05 bits per heavy atom. The lowest BCUT2D eigenvalue weighted by atomic mass is 10.4. The summed E-state index contributed by atoms with van der Waals surface area (Å²) in [4.78, 5) is 23.0. The molecular weight excluding hydrogens is 268 g/mol. The quantitative estimate of drug-likeness (QED) is 0.501. The van der Waals surface area contributed by atoms with Crippen molar-refractivity contribution in [3.8, 4) is 0 Å². The summed E-state index contributed by atoms with van der Waals surface area (Å²) in [6.45, 7) is 3.81. The van der Waals surface area contributed by atoms with Gasteiger partial charge in [0, 0.05) is 26.8 Å². The number of H-pyrrole nitrogens is 1. The minimum Gasteiger partial charge on any atom is -0.385 e. The molecule has 0 saturated carbocycles. The first kappa shape index (κ1) is 15.8. The highest BCUT2D eigenvalue weighted by Crippen LogP contribution is 2.12. The van der Waals surface area contributed by atoms with Gasteiger partial charge in [0.15, 0.2) is 5.16 Å². The van der Waals surface area contributed by atoms with Gasteiger partial charge in [0.2, 0.25) is 5.91 Å². The summed E-state index contributed by atoms with van der Waals surface area (Å²) in [7, 11) is 1.63. The molecule has 0 radical (unpaired) electrons. The lowest BCUT2D eigenvalue weighted by Gasteiger charge is -2.05. The third-order valence-electron chi connectivity index (χ3n) is 2.35. The van der Waals surface area contributed by atoms with Crippen molar-refractivity contribution in [2.24, 2.45) is 0 Å². The number of hydrogen-bond acceptors (Lipinski definition) is 5. The van der Waals surface area contributed by atoms with Crippen molar-refractivity contribution in [2.75, 3.05) is 26.0 Å². The van der Waals surface area contributed by atoms with Crippen LogP contribution in [0.25, 0.3) is 0 Å². The van der Waals surface area contributed by atoms with Crippen LogP contribution < -0.4 is 11.0 Å². The lowest BCUT2D eigenvalue weighted by Crippen LogP contribution is -2.27. The second-order valence-electron chi connectivity index (χ2n) is 3.95. The zero-order valence-corrected chi connectivity index (χ0v) is 12.1. The van der Waals surface area contributed by atoms with Gasteiger partial charge in [0.25, 0.3) is 0 Å². The average Bonchev–Trinajstić information content (AvgIpc) is 2.74. The SMILES string of the molecule is CCCn1c(SCC(=O)NCCCOC)n[nH]c1=O. The minimum atomic E-state index is -0.232. The Balaban J connectivity index is 2.35. The molecule has 0 fully saturated rings. The van der Waals surface area contributed by atoms with Crippen molar-refractivity contribution in [2.45, 2.75) is 31.5 Å². The molecule has 2 N–H and O–H groups in total. The van der Waals surface area contributed by atoms with Crippen LogP contribution in [0.4, 0.5) is 0 Å². The molecule has 108 valence electrons. The molecular formula is C11H20N4O3S. The summed E-state index contributed by atoms with van der Waals surface area (Å²) in [6, 6.07) is 0. The van der Waals surface area contributed by atoms with Crippen molar-refractivity contribution >= 4 is 17.7 Å². The van der Waals surface area contributed by atoms with Crippen LogP contribution in [-0.4, -0.2) is 46.7 Å². The number of amides is 1. The van der Waals surface area contributed by atoms with Crippen LogP contribution in [0.5, 0.6) is 0 Å². The monoisotopic (exact) mass is 288 g/mol. The molecule has 0 aliphatic carbocycles. The molecule has 7 nitrogen and oxygen atoms in total. The predicted octanol–water partition coefficient (Wildman–Crippen LogP) is 0.226. The normalized spacial score (nSPS) is 10.6. The number of carbonyl (C=O) groups is 1. The Morgan fingerprint density at radius 2 is 2.37 bits per heavy atom. The second kappa shape index (κ2) is 8.76. The van der Waals surface area contributed by atoms with E-state index in [4.69, 9.17) is 4.74 Å². The van der Waals surface area contributed by atoms with Crippen molar-refractivity contribution in [3.63, 3.8) is 0 Å². The number of methoxy groups -OCH3 is 1. The minimum absolute atomic E-state index is 0.0698. The molecule has 0 aromatic carbocycles. The van der Waals surface area contributed by atoms with Crippen LogP contribution in [0.15, 0.2) is 9.95 Å². The van der Waals surface area contributed by atoms with E-state index >= 15 is 0 Å². The highest BCUT2D eigenvalue weighted by molar-refractivity contribution is 7.99. The number of ether oxygens (including phenoxy) is 1. The third kappa shape index (κ3) is 5.48. The van der Waals surface area contributed by atoms with Gasteiger partial charge in [-0.05, 0) is 12.8 Å². The number of aromatic nitrogens is 3. The first-order valence-corrected chi connectivity index (χ1v) is 7.21. The molecule has 19 heavy (non-hydrogen) atoms. The van der Waals surface area contributed by atoms with Crippen molar-refractivity contribution in [1.82, 2.24) is 20.1 Å². The summed E-state index contributed by atoms with van der Waals surface area (Å²) in [5.74, 6) is 0.181. The number of rotatable bonds is 9. The highest BCUT2D eigenvalue weighted by Gasteiger charge is 2.10. The van der Waals surface area contributed by atoms with Crippen molar-refractivity contribution in [3.05, 3.63) is 10.5 Å². The molecule has 0 bridgehead atoms. The molecule has 1 rings (SSSR count). The summed E-state index contributed by atoms with van der Waals surface area (Å²) in [6.07, 6.45) is 1.63. The van der Waals surface area contributed by atoms with Gasteiger partial charge in [0.05, 0.1) is 5.75 Å². The van der Waals surface area contributed by atoms with Crippen molar-refractivity contribution in [1.29, 1.82) is 0 Å². The Labute approximate surface area is 116 Å². The lowest BCUT2D eigenvalue weighted by molar-refractivity contribution is -0.118. The van der Waals surface area contributed by atoms with Crippen LogP contribution in [-0.2, 0) is 16.1 Å². The fraction of sp³-hybridized carbons (Fsp3) is 0.727. The zero-order valence-electron chi connectivity index (χ0n) is 11.3. The Morgan fingerprint density at radius 1 is 1.58 bits per heavy atom. The van der Waals surface area contributed by atoms with E-state index in [1.807, 2.05) is 6.92 Å². The number of thioether (sulfide) groups is 1.